The molecule has 1 aliphatic rings. The van der Waals surface area contributed by atoms with Crippen LogP contribution < -0.4 is 4.74 Å². The lowest BCUT2D eigenvalue weighted by atomic mass is 9.70. The van der Waals surface area contributed by atoms with Gasteiger partial charge in [0.25, 0.3) is 0 Å². The summed E-state index contributed by atoms with van der Waals surface area (Å²) in [6.45, 7) is 0. The monoisotopic (exact) mass is 256 g/mol. The van der Waals surface area contributed by atoms with Crippen molar-refractivity contribution in [1.29, 1.82) is 0 Å². The fraction of sp³-hybridized carbons (Fsp3) is 0.250. The molecule has 19 heavy (non-hydrogen) atoms. The van der Waals surface area contributed by atoms with Gasteiger partial charge in [-0.1, -0.05) is 36.4 Å². The van der Waals surface area contributed by atoms with Crippen LogP contribution in [0.1, 0.15) is 28.7 Å². The number of aromatic hydroxyl groups is 1. The minimum absolute atomic E-state index is 0.0203. The van der Waals surface area contributed by atoms with Gasteiger partial charge in [-0.05, 0) is 17.2 Å². The second kappa shape index (κ2) is 4.59. The van der Waals surface area contributed by atoms with E-state index >= 15 is 0 Å². The Morgan fingerprint density at radius 3 is 2.37 bits per heavy atom. The largest absolute Gasteiger partial charge is 0.504 e. The van der Waals surface area contributed by atoms with Crippen molar-refractivity contribution in [3.05, 3.63) is 59.2 Å². The molecule has 0 amide bonds. The maximum atomic E-state index is 9.91. The van der Waals surface area contributed by atoms with Crippen LogP contribution in [-0.2, 0) is 4.74 Å². The standard InChI is InChI=1S/C16H16O3/c1-18-15-11-8-9-12(17)16(19-2)14(11)13(15)10-6-4-3-5-7-10/h3-9,13,15,17H,1-2H3/t13-,15+/m0/s1. The first-order chi connectivity index (χ1) is 9.27. The van der Waals surface area contributed by atoms with Crippen LogP contribution in [0.2, 0.25) is 0 Å². The number of benzene rings is 2. The average molecular weight is 256 g/mol. The number of fused-ring (bicyclic) bond motifs is 1. The highest BCUT2D eigenvalue weighted by Gasteiger charge is 2.42. The number of hydrogen-bond acceptors (Lipinski definition) is 3. The van der Waals surface area contributed by atoms with Crippen molar-refractivity contribution in [3.8, 4) is 11.5 Å². The third-order valence-electron chi connectivity index (χ3n) is 3.75. The van der Waals surface area contributed by atoms with E-state index in [1.54, 1.807) is 20.3 Å². The first kappa shape index (κ1) is 12.1. The van der Waals surface area contributed by atoms with Crippen LogP contribution in [0.3, 0.4) is 0 Å². The van der Waals surface area contributed by atoms with E-state index in [4.69, 9.17) is 9.47 Å². The summed E-state index contributed by atoms with van der Waals surface area (Å²) in [5, 5.41) is 9.91. The minimum Gasteiger partial charge on any atom is -0.504 e. The average Bonchev–Trinajstić information content (AvgIpc) is 2.43. The summed E-state index contributed by atoms with van der Waals surface area (Å²) in [4.78, 5) is 0. The fourth-order valence-corrected chi connectivity index (χ4v) is 2.89. The van der Waals surface area contributed by atoms with Crippen molar-refractivity contribution in [3.63, 3.8) is 0 Å². The van der Waals surface area contributed by atoms with Gasteiger partial charge in [-0.2, -0.15) is 0 Å². The smallest absolute Gasteiger partial charge is 0.164 e. The molecule has 0 unspecified atom stereocenters. The van der Waals surface area contributed by atoms with Gasteiger partial charge in [0.1, 0.15) is 0 Å². The zero-order valence-corrected chi connectivity index (χ0v) is 11.0. The first-order valence-corrected chi connectivity index (χ1v) is 6.25. The predicted molar refractivity (Wildman–Crippen MR) is 72.7 cm³/mol. The van der Waals surface area contributed by atoms with Gasteiger partial charge >= 0.3 is 0 Å². The maximum Gasteiger partial charge on any atom is 0.164 e. The highest BCUT2D eigenvalue weighted by Crippen LogP contribution is 2.56. The number of rotatable bonds is 3. The van der Waals surface area contributed by atoms with Crippen LogP contribution >= 0.6 is 0 Å². The van der Waals surface area contributed by atoms with E-state index in [0.717, 1.165) is 11.1 Å². The van der Waals surface area contributed by atoms with E-state index in [0.29, 0.717) is 5.75 Å². The molecule has 98 valence electrons. The number of ether oxygens (including phenoxy) is 2. The van der Waals surface area contributed by atoms with Crippen LogP contribution in [-0.4, -0.2) is 19.3 Å². The van der Waals surface area contributed by atoms with Crippen LogP contribution in [0.5, 0.6) is 11.5 Å². The molecule has 0 fully saturated rings. The summed E-state index contributed by atoms with van der Waals surface area (Å²) in [6, 6.07) is 13.7. The molecule has 3 nitrogen and oxygen atoms in total. The Labute approximate surface area is 112 Å². The number of hydrogen-bond donors (Lipinski definition) is 1. The predicted octanol–water partition coefficient (Wildman–Crippen LogP) is 3.23. The van der Waals surface area contributed by atoms with Crippen molar-refractivity contribution in [1.82, 2.24) is 0 Å². The van der Waals surface area contributed by atoms with Crippen LogP contribution in [0.15, 0.2) is 42.5 Å². The Hall–Kier alpha value is -2.00. The molecule has 1 N–H and O–H groups in total. The zero-order chi connectivity index (χ0) is 13.4. The Balaban J connectivity index is 2.14. The molecule has 1 aliphatic carbocycles. The summed E-state index contributed by atoms with van der Waals surface area (Å²) >= 11 is 0. The third kappa shape index (κ3) is 1.70. The normalized spacial score (nSPS) is 20.5. The third-order valence-corrected chi connectivity index (χ3v) is 3.75. The van der Waals surface area contributed by atoms with E-state index in [-0.39, 0.29) is 17.8 Å². The number of phenols is 1. The minimum atomic E-state index is 0.0203. The number of phenolic OH excluding ortho intramolecular Hbond substituents is 1. The van der Waals surface area contributed by atoms with Gasteiger partial charge in [-0.15, -0.1) is 0 Å². The lowest BCUT2D eigenvalue weighted by Crippen LogP contribution is -2.27. The molecule has 0 bridgehead atoms. The summed E-state index contributed by atoms with van der Waals surface area (Å²) in [5.41, 5.74) is 3.29. The molecular formula is C16H16O3. The molecule has 0 aliphatic heterocycles. The topological polar surface area (TPSA) is 38.7 Å². The summed E-state index contributed by atoms with van der Waals surface area (Å²) < 4.78 is 10.9. The van der Waals surface area contributed by atoms with Crippen molar-refractivity contribution in [2.24, 2.45) is 0 Å². The number of methoxy groups -OCH3 is 2. The Morgan fingerprint density at radius 2 is 1.74 bits per heavy atom. The second-order valence-corrected chi connectivity index (χ2v) is 4.67. The van der Waals surface area contributed by atoms with Gasteiger partial charge in [0.2, 0.25) is 0 Å². The van der Waals surface area contributed by atoms with Crippen LogP contribution in [0.4, 0.5) is 0 Å². The van der Waals surface area contributed by atoms with Crippen LogP contribution in [0.25, 0.3) is 0 Å². The quantitative estimate of drug-likeness (QED) is 0.916. The van der Waals surface area contributed by atoms with Gasteiger partial charge in [-0.25, -0.2) is 0 Å². The fourth-order valence-electron chi connectivity index (χ4n) is 2.89. The Kier molecular flexibility index (Phi) is 2.91. The van der Waals surface area contributed by atoms with Gasteiger partial charge in [0.05, 0.1) is 13.2 Å². The molecule has 3 rings (SSSR count). The van der Waals surface area contributed by atoms with Gasteiger partial charge in [-0.3, -0.25) is 0 Å². The molecule has 0 spiro atoms. The van der Waals surface area contributed by atoms with E-state index < -0.39 is 0 Å². The summed E-state index contributed by atoms with van der Waals surface area (Å²) in [5.74, 6) is 0.847. The van der Waals surface area contributed by atoms with E-state index in [9.17, 15) is 5.11 Å². The van der Waals surface area contributed by atoms with Crippen molar-refractivity contribution in [2.45, 2.75) is 12.0 Å². The summed E-state index contributed by atoms with van der Waals surface area (Å²) in [7, 11) is 3.29. The van der Waals surface area contributed by atoms with Gasteiger partial charge in [0.15, 0.2) is 11.5 Å². The molecule has 3 heteroatoms. The molecule has 2 aromatic carbocycles. The Morgan fingerprint density at radius 1 is 1.00 bits per heavy atom. The van der Waals surface area contributed by atoms with Crippen molar-refractivity contribution in [2.75, 3.05) is 14.2 Å². The lowest BCUT2D eigenvalue weighted by Gasteiger charge is -2.40. The molecule has 0 heterocycles. The van der Waals surface area contributed by atoms with Gasteiger partial charge in [0, 0.05) is 18.6 Å². The van der Waals surface area contributed by atoms with Crippen molar-refractivity contribution < 1.29 is 14.6 Å². The van der Waals surface area contributed by atoms with Crippen LogP contribution in [0, 0.1) is 0 Å². The summed E-state index contributed by atoms with van der Waals surface area (Å²) in [6.07, 6.45) is 0.0203. The van der Waals surface area contributed by atoms with E-state index in [1.165, 1.54) is 5.56 Å². The van der Waals surface area contributed by atoms with Crippen molar-refractivity contribution >= 4 is 0 Å². The molecule has 2 atom stereocenters. The molecule has 0 saturated carbocycles. The second-order valence-electron chi connectivity index (χ2n) is 4.67. The maximum absolute atomic E-state index is 9.91. The lowest BCUT2D eigenvalue weighted by molar-refractivity contribution is 0.0658. The molecular weight excluding hydrogens is 240 g/mol. The molecule has 0 aromatic heterocycles. The van der Waals surface area contributed by atoms with E-state index in [2.05, 4.69) is 12.1 Å². The van der Waals surface area contributed by atoms with Gasteiger partial charge < -0.3 is 14.6 Å². The first-order valence-electron chi connectivity index (χ1n) is 6.25. The SMILES string of the molecule is COc1c(O)ccc2c1[C@H](c1ccccc1)[C@@H]2OC. The Bertz CT molecular complexity index is 592. The van der Waals surface area contributed by atoms with E-state index in [1.807, 2.05) is 24.3 Å². The highest BCUT2D eigenvalue weighted by atomic mass is 16.5. The molecule has 0 saturated heterocycles. The zero-order valence-electron chi connectivity index (χ0n) is 11.0. The molecule has 0 radical (unpaired) electrons. The molecule has 2 aromatic rings. The highest BCUT2D eigenvalue weighted by molar-refractivity contribution is 5.61.